The molecule has 2 nitrogen and oxygen atoms in total. The minimum atomic E-state index is -0.286. The minimum Gasteiger partial charge on any atom is -0.494 e. The van der Waals surface area contributed by atoms with Crippen molar-refractivity contribution in [3.63, 3.8) is 0 Å². The maximum absolute atomic E-state index is 13.9. The number of rotatable bonds is 5. The van der Waals surface area contributed by atoms with Gasteiger partial charge in [0, 0.05) is 6.04 Å². The third kappa shape index (κ3) is 4.65. The highest BCUT2D eigenvalue weighted by molar-refractivity contribution is 5.31. The summed E-state index contributed by atoms with van der Waals surface area (Å²) in [5, 5.41) is 0. The molecule has 0 fully saturated rings. The van der Waals surface area contributed by atoms with Crippen LogP contribution in [0.15, 0.2) is 18.2 Å². The van der Waals surface area contributed by atoms with Crippen LogP contribution in [0, 0.1) is 11.2 Å². The Morgan fingerprint density at radius 2 is 2.00 bits per heavy atom. The first kappa shape index (κ1) is 15.0. The van der Waals surface area contributed by atoms with Gasteiger partial charge in [0.2, 0.25) is 0 Å². The quantitative estimate of drug-likeness (QED) is 0.871. The lowest BCUT2D eigenvalue weighted by molar-refractivity contribution is 0.345. The molecule has 1 unspecified atom stereocenters. The number of ether oxygens (including phenoxy) is 1. The number of benzene rings is 1. The van der Waals surface area contributed by atoms with Crippen LogP contribution in [0.5, 0.6) is 5.75 Å². The molecule has 3 heteroatoms. The van der Waals surface area contributed by atoms with Gasteiger partial charge in [-0.15, -0.1) is 0 Å². The van der Waals surface area contributed by atoms with E-state index >= 15 is 0 Å². The Morgan fingerprint density at radius 1 is 1.33 bits per heavy atom. The summed E-state index contributed by atoms with van der Waals surface area (Å²) in [5.41, 5.74) is 6.97. The molecule has 0 aliphatic carbocycles. The molecule has 18 heavy (non-hydrogen) atoms. The van der Waals surface area contributed by atoms with Crippen LogP contribution in [0.4, 0.5) is 4.39 Å². The highest BCUT2D eigenvalue weighted by Crippen LogP contribution is 2.24. The van der Waals surface area contributed by atoms with Crippen LogP contribution < -0.4 is 10.5 Å². The molecule has 1 rings (SSSR count). The molecule has 0 aromatic heterocycles. The normalized spacial score (nSPS) is 13.4. The molecule has 0 spiro atoms. The zero-order valence-electron chi connectivity index (χ0n) is 11.8. The first-order valence-corrected chi connectivity index (χ1v) is 6.40. The number of nitrogens with two attached hydrogens (primary N) is 1. The van der Waals surface area contributed by atoms with Crippen LogP contribution in [0.3, 0.4) is 0 Å². The van der Waals surface area contributed by atoms with Crippen molar-refractivity contribution in [3.05, 3.63) is 29.6 Å². The molecule has 0 aliphatic heterocycles. The molecule has 0 bridgehead atoms. The Morgan fingerprint density at radius 3 is 2.56 bits per heavy atom. The number of methoxy groups -OCH3 is 1. The molecule has 0 aliphatic rings. The lowest BCUT2D eigenvalue weighted by Crippen LogP contribution is -2.25. The average Bonchev–Trinajstić information content (AvgIpc) is 2.28. The predicted octanol–water partition coefficient (Wildman–Crippen LogP) is 3.53. The second-order valence-electron chi connectivity index (χ2n) is 6.00. The SMILES string of the molecule is COc1cccc(CC(N)CCC(C)(C)C)c1F. The summed E-state index contributed by atoms with van der Waals surface area (Å²) in [5.74, 6) is 0.00160. The van der Waals surface area contributed by atoms with E-state index in [1.165, 1.54) is 7.11 Å². The summed E-state index contributed by atoms with van der Waals surface area (Å²) >= 11 is 0. The highest BCUT2D eigenvalue weighted by atomic mass is 19.1. The molecular weight excluding hydrogens is 229 g/mol. The third-order valence-electron chi connectivity index (χ3n) is 3.01. The van der Waals surface area contributed by atoms with E-state index in [9.17, 15) is 4.39 Å². The van der Waals surface area contributed by atoms with Crippen LogP contribution in [0.25, 0.3) is 0 Å². The van der Waals surface area contributed by atoms with Gasteiger partial charge in [-0.25, -0.2) is 4.39 Å². The van der Waals surface area contributed by atoms with Gasteiger partial charge in [0.25, 0.3) is 0 Å². The largest absolute Gasteiger partial charge is 0.494 e. The highest BCUT2D eigenvalue weighted by Gasteiger charge is 2.15. The summed E-state index contributed by atoms with van der Waals surface area (Å²) in [6.45, 7) is 6.56. The average molecular weight is 253 g/mol. The van der Waals surface area contributed by atoms with Gasteiger partial charge < -0.3 is 10.5 Å². The van der Waals surface area contributed by atoms with Crippen LogP contribution in [-0.4, -0.2) is 13.2 Å². The monoisotopic (exact) mass is 253 g/mol. The molecule has 1 aromatic rings. The Labute approximate surface area is 109 Å². The second-order valence-corrected chi connectivity index (χ2v) is 6.00. The fourth-order valence-corrected chi connectivity index (χ4v) is 1.87. The summed E-state index contributed by atoms with van der Waals surface area (Å²) < 4.78 is 18.9. The topological polar surface area (TPSA) is 35.2 Å². The minimum absolute atomic E-state index is 0.00849. The van der Waals surface area contributed by atoms with E-state index in [1.54, 1.807) is 18.2 Å². The van der Waals surface area contributed by atoms with E-state index < -0.39 is 0 Å². The zero-order valence-corrected chi connectivity index (χ0v) is 11.8. The van der Waals surface area contributed by atoms with Crippen LogP contribution in [0.1, 0.15) is 39.2 Å². The fourth-order valence-electron chi connectivity index (χ4n) is 1.87. The Bertz CT molecular complexity index is 385. The molecule has 0 saturated heterocycles. The van der Waals surface area contributed by atoms with Gasteiger partial charge in [-0.2, -0.15) is 0 Å². The first-order valence-electron chi connectivity index (χ1n) is 6.40. The standard InChI is InChI=1S/C15H24FNO/c1-15(2,3)9-8-12(17)10-11-6-5-7-13(18-4)14(11)16/h5-7,12H,8-10,17H2,1-4H3. The summed E-state index contributed by atoms with van der Waals surface area (Å²) in [4.78, 5) is 0. The van der Waals surface area contributed by atoms with E-state index in [1.807, 2.05) is 0 Å². The van der Waals surface area contributed by atoms with Gasteiger partial charge in [-0.1, -0.05) is 32.9 Å². The molecule has 2 N–H and O–H groups in total. The molecule has 0 saturated carbocycles. The van der Waals surface area contributed by atoms with Gasteiger partial charge in [-0.05, 0) is 36.3 Å². The summed E-state index contributed by atoms with van der Waals surface area (Å²) in [6, 6.07) is 5.19. The van der Waals surface area contributed by atoms with Crippen LogP contribution in [-0.2, 0) is 6.42 Å². The van der Waals surface area contributed by atoms with Crippen molar-refractivity contribution in [2.45, 2.75) is 46.1 Å². The third-order valence-corrected chi connectivity index (χ3v) is 3.01. The first-order chi connectivity index (χ1) is 8.33. The molecule has 0 amide bonds. The van der Waals surface area contributed by atoms with E-state index in [0.717, 1.165) is 12.8 Å². The van der Waals surface area contributed by atoms with Gasteiger partial charge in [0.15, 0.2) is 11.6 Å². The molecule has 1 atom stereocenters. The second kappa shape index (κ2) is 6.19. The lowest BCUT2D eigenvalue weighted by atomic mass is 9.87. The van der Waals surface area contributed by atoms with Crippen molar-refractivity contribution in [2.75, 3.05) is 7.11 Å². The van der Waals surface area contributed by atoms with Gasteiger partial charge in [-0.3, -0.25) is 0 Å². The van der Waals surface area contributed by atoms with Crippen molar-refractivity contribution >= 4 is 0 Å². The fraction of sp³-hybridized carbons (Fsp3) is 0.600. The van der Waals surface area contributed by atoms with Crippen LogP contribution in [0.2, 0.25) is 0 Å². The van der Waals surface area contributed by atoms with E-state index in [4.69, 9.17) is 10.5 Å². The van der Waals surface area contributed by atoms with Gasteiger partial charge in [0.1, 0.15) is 0 Å². The maximum Gasteiger partial charge on any atom is 0.168 e. The molecular formula is C15H24FNO. The lowest BCUT2D eigenvalue weighted by Gasteiger charge is -2.21. The predicted molar refractivity (Wildman–Crippen MR) is 73.3 cm³/mol. The summed E-state index contributed by atoms with van der Waals surface area (Å²) in [6.07, 6.45) is 2.50. The Balaban J connectivity index is 2.62. The van der Waals surface area contributed by atoms with Crippen molar-refractivity contribution < 1.29 is 9.13 Å². The van der Waals surface area contributed by atoms with Gasteiger partial charge in [0.05, 0.1) is 7.11 Å². The molecule has 1 aromatic carbocycles. The molecule has 0 heterocycles. The molecule has 0 radical (unpaired) electrons. The number of hydrogen-bond donors (Lipinski definition) is 1. The molecule has 102 valence electrons. The van der Waals surface area contributed by atoms with Crippen molar-refractivity contribution in [1.82, 2.24) is 0 Å². The van der Waals surface area contributed by atoms with Crippen molar-refractivity contribution in [1.29, 1.82) is 0 Å². The van der Waals surface area contributed by atoms with Gasteiger partial charge >= 0.3 is 0 Å². The zero-order chi connectivity index (χ0) is 13.8. The van der Waals surface area contributed by atoms with E-state index in [0.29, 0.717) is 12.0 Å². The van der Waals surface area contributed by atoms with Crippen molar-refractivity contribution in [3.8, 4) is 5.75 Å². The number of halogens is 1. The summed E-state index contributed by atoms with van der Waals surface area (Å²) in [7, 11) is 1.47. The smallest absolute Gasteiger partial charge is 0.168 e. The van der Waals surface area contributed by atoms with Crippen LogP contribution >= 0.6 is 0 Å². The van der Waals surface area contributed by atoms with E-state index in [2.05, 4.69) is 20.8 Å². The van der Waals surface area contributed by atoms with Crippen molar-refractivity contribution in [2.24, 2.45) is 11.1 Å². The van der Waals surface area contributed by atoms with E-state index in [-0.39, 0.29) is 23.0 Å². The number of hydrogen-bond acceptors (Lipinski definition) is 2. The Kier molecular flexibility index (Phi) is 5.15. The maximum atomic E-state index is 13.9. The Hall–Kier alpha value is -1.09.